The molecule has 2 aromatic carbocycles. The first-order valence-electron chi connectivity index (χ1n) is 12.7. The van der Waals surface area contributed by atoms with Crippen LogP contribution in [-0.4, -0.2) is 62.2 Å². The van der Waals surface area contributed by atoms with Crippen LogP contribution in [0.1, 0.15) is 55.9 Å². The van der Waals surface area contributed by atoms with Crippen LogP contribution in [0.2, 0.25) is 0 Å². The molecule has 2 amide bonds. The first-order valence-corrected chi connectivity index (χ1v) is 14.1. The van der Waals surface area contributed by atoms with Crippen LogP contribution in [0.3, 0.4) is 0 Å². The van der Waals surface area contributed by atoms with Crippen LogP contribution in [0, 0.1) is 20.8 Å². The van der Waals surface area contributed by atoms with Crippen molar-refractivity contribution < 1.29 is 18.0 Å². The summed E-state index contributed by atoms with van der Waals surface area (Å²) in [5, 5.41) is 2.99. The normalized spacial score (nSPS) is 13.2. The fourth-order valence-electron chi connectivity index (χ4n) is 4.02. The van der Waals surface area contributed by atoms with Crippen molar-refractivity contribution in [3.63, 3.8) is 0 Å². The number of hydrogen-bond acceptors (Lipinski definition) is 4. The molecule has 0 unspecified atom stereocenters. The van der Waals surface area contributed by atoms with Crippen molar-refractivity contribution in [1.29, 1.82) is 0 Å². The first-order chi connectivity index (χ1) is 17.3. The van der Waals surface area contributed by atoms with Gasteiger partial charge in [-0.1, -0.05) is 50.2 Å². The number of hydrogen-bond donors (Lipinski definition) is 1. The molecule has 204 valence electrons. The van der Waals surface area contributed by atoms with E-state index in [0.717, 1.165) is 37.3 Å². The van der Waals surface area contributed by atoms with Crippen LogP contribution in [-0.2, 0) is 26.3 Å². The number of benzene rings is 2. The smallest absolute Gasteiger partial charge is 0.304 e. The quantitative estimate of drug-likeness (QED) is 0.450. The van der Waals surface area contributed by atoms with Crippen molar-refractivity contribution in [2.45, 2.75) is 73.0 Å². The third-order valence-corrected chi connectivity index (χ3v) is 8.45. The molecule has 2 aromatic rings. The third-order valence-electron chi connectivity index (χ3n) is 6.64. The minimum atomic E-state index is -4.00. The number of amides is 2. The lowest BCUT2D eigenvalue weighted by atomic mass is 10.1. The molecule has 2 rings (SSSR count). The molecule has 1 N–H and O–H groups in total. The maximum atomic E-state index is 14.0. The Balaban J connectivity index is 2.57. The average Bonchev–Trinajstić information content (AvgIpc) is 2.84. The summed E-state index contributed by atoms with van der Waals surface area (Å²) >= 11 is 0. The fourth-order valence-corrected chi connectivity index (χ4v) is 5.13. The number of nitrogens with zero attached hydrogens (tertiary/aromatic N) is 3. The molecule has 2 atom stereocenters. The summed E-state index contributed by atoms with van der Waals surface area (Å²) in [6.07, 6.45) is 1.15. The monoisotopic (exact) mass is 530 g/mol. The highest BCUT2D eigenvalue weighted by atomic mass is 32.2. The van der Waals surface area contributed by atoms with Crippen LogP contribution in [0.15, 0.2) is 42.5 Å². The van der Waals surface area contributed by atoms with Gasteiger partial charge in [-0.3, -0.25) is 9.59 Å². The summed E-state index contributed by atoms with van der Waals surface area (Å²) in [5.41, 5.74) is 3.94. The van der Waals surface area contributed by atoms with E-state index in [-0.39, 0.29) is 18.5 Å². The maximum Gasteiger partial charge on any atom is 0.304 e. The molecule has 0 radical (unpaired) electrons. The molecule has 0 fully saturated rings. The molecule has 0 heterocycles. The zero-order chi connectivity index (χ0) is 27.9. The highest BCUT2D eigenvalue weighted by Gasteiger charge is 2.34. The summed E-state index contributed by atoms with van der Waals surface area (Å²) in [5.74, 6) is -0.687. The van der Waals surface area contributed by atoms with E-state index in [1.54, 1.807) is 6.07 Å². The van der Waals surface area contributed by atoms with E-state index < -0.39 is 28.7 Å². The highest BCUT2D eigenvalue weighted by molar-refractivity contribution is 7.90. The lowest BCUT2D eigenvalue weighted by Gasteiger charge is -2.35. The minimum absolute atomic E-state index is 0.0440. The average molecular weight is 531 g/mol. The van der Waals surface area contributed by atoms with E-state index in [2.05, 4.69) is 5.32 Å². The first kappa shape index (κ1) is 30.3. The van der Waals surface area contributed by atoms with Crippen LogP contribution in [0.25, 0.3) is 0 Å². The molecule has 0 aliphatic heterocycles. The topological polar surface area (TPSA) is 90.0 Å². The fraction of sp³-hybridized carbons (Fsp3) is 0.500. The number of aryl methyl sites for hydroxylation is 3. The summed E-state index contributed by atoms with van der Waals surface area (Å²) in [6.45, 7) is 11.2. The summed E-state index contributed by atoms with van der Waals surface area (Å²) < 4.78 is 29.1. The SMILES string of the molecule is CC[C@@H](C)NC(=O)[C@H](CC)N(Cc1ccccc1C)C(=O)CN(c1cc(C)ccc1C)S(=O)(=O)N(C)C. The van der Waals surface area contributed by atoms with Gasteiger partial charge < -0.3 is 10.2 Å². The van der Waals surface area contributed by atoms with Gasteiger partial charge in [0, 0.05) is 26.7 Å². The third kappa shape index (κ3) is 7.55. The van der Waals surface area contributed by atoms with Gasteiger partial charge in [0.1, 0.15) is 12.6 Å². The van der Waals surface area contributed by atoms with Gasteiger partial charge >= 0.3 is 10.2 Å². The molecule has 0 saturated carbocycles. The van der Waals surface area contributed by atoms with Gasteiger partial charge in [0.05, 0.1) is 5.69 Å². The lowest BCUT2D eigenvalue weighted by molar-refractivity contribution is -0.140. The molecule has 0 saturated heterocycles. The molecular weight excluding hydrogens is 488 g/mol. The van der Waals surface area contributed by atoms with E-state index in [1.807, 2.05) is 77.9 Å². The van der Waals surface area contributed by atoms with E-state index >= 15 is 0 Å². The number of rotatable bonds is 12. The van der Waals surface area contributed by atoms with Gasteiger partial charge in [-0.05, 0) is 68.9 Å². The zero-order valence-electron chi connectivity index (χ0n) is 23.4. The number of carbonyl (C=O) groups is 2. The van der Waals surface area contributed by atoms with Crippen LogP contribution >= 0.6 is 0 Å². The second-order valence-electron chi connectivity index (χ2n) is 9.78. The van der Waals surface area contributed by atoms with Crippen molar-refractivity contribution in [3.8, 4) is 0 Å². The van der Waals surface area contributed by atoms with Crippen LogP contribution < -0.4 is 9.62 Å². The van der Waals surface area contributed by atoms with E-state index in [4.69, 9.17) is 0 Å². The van der Waals surface area contributed by atoms with Crippen molar-refractivity contribution in [3.05, 3.63) is 64.7 Å². The van der Waals surface area contributed by atoms with E-state index in [1.165, 1.54) is 19.0 Å². The van der Waals surface area contributed by atoms with Gasteiger partial charge in [-0.15, -0.1) is 0 Å². The van der Waals surface area contributed by atoms with Crippen LogP contribution in [0.4, 0.5) is 5.69 Å². The molecule has 37 heavy (non-hydrogen) atoms. The molecular formula is C28H42N4O4S. The van der Waals surface area contributed by atoms with Gasteiger partial charge in [-0.25, -0.2) is 4.31 Å². The summed E-state index contributed by atoms with van der Waals surface area (Å²) in [6, 6.07) is 12.4. The van der Waals surface area contributed by atoms with Crippen LogP contribution in [0.5, 0.6) is 0 Å². The van der Waals surface area contributed by atoms with Crippen molar-refractivity contribution in [1.82, 2.24) is 14.5 Å². The second-order valence-corrected chi connectivity index (χ2v) is 11.8. The Morgan fingerprint density at radius 3 is 2.16 bits per heavy atom. The zero-order valence-corrected chi connectivity index (χ0v) is 24.2. The lowest BCUT2D eigenvalue weighted by Crippen LogP contribution is -2.54. The van der Waals surface area contributed by atoms with Crippen molar-refractivity contribution in [2.24, 2.45) is 0 Å². The van der Waals surface area contributed by atoms with Gasteiger partial charge in [0.15, 0.2) is 0 Å². The standard InChI is InChI=1S/C28H42N4O4S/c1-9-23(6)29-28(34)25(10-2)31(18-24-14-12-11-13-21(24)4)27(33)19-32(37(35,36)30(7)8)26-17-20(3)15-16-22(26)5/h11-17,23,25H,9-10,18-19H2,1-8H3,(H,29,34)/t23-,25+/m1/s1. The largest absolute Gasteiger partial charge is 0.352 e. The number of anilines is 1. The summed E-state index contributed by atoms with van der Waals surface area (Å²) in [4.78, 5) is 28.8. The Hall–Kier alpha value is -2.91. The Labute approximate surface area is 222 Å². The Morgan fingerprint density at radius 1 is 0.946 bits per heavy atom. The molecule has 8 nitrogen and oxygen atoms in total. The van der Waals surface area contributed by atoms with E-state index in [9.17, 15) is 18.0 Å². The molecule has 0 aliphatic carbocycles. The number of carbonyl (C=O) groups excluding carboxylic acids is 2. The minimum Gasteiger partial charge on any atom is -0.352 e. The Bertz CT molecular complexity index is 1200. The molecule has 9 heteroatoms. The van der Waals surface area contributed by atoms with Crippen molar-refractivity contribution >= 4 is 27.7 Å². The maximum absolute atomic E-state index is 14.0. The Morgan fingerprint density at radius 2 is 1.59 bits per heavy atom. The van der Waals surface area contributed by atoms with Gasteiger partial charge in [0.25, 0.3) is 0 Å². The molecule has 0 bridgehead atoms. The second kappa shape index (κ2) is 13.1. The molecule has 0 spiro atoms. The highest BCUT2D eigenvalue weighted by Crippen LogP contribution is 2.26. The predicted octanol–water partition coefficient (Wildman–Crippen LogP) is 3.95. The Kier molecular flexibility index (Phi) is 10.7. The molecule has 0 aromatic heterocycles. The summed E-state index contributed by atoms with van der Waals surface area (Å²) in [7, 11) is -1.11. The number of nitrogens with one attached hydrogen (secondary N) is 1. The molecule has 0 aliphatic rings. The van der Waals surface area contributed by atoms with Gasteiger partial charge in [-0.2, -0.15) is 12.7 Å². The van der Waals surface area contributed by atoms with Gasteiger partial charge in [0.2, 0.25) is 11.8 Å². The predicted molar refractivity (Wildman–Crippen MR) is 150 cm³/mol. The van der Waals surface area contributed by atoms with E-state index in [0.29, 0.717) is 12.1 Å². The van der Waals surface area contributed by atoms with Crippen molar-refractivity contribution in [2.75, 3.05) is 24.9 Å².